The van der Waals surface area contributed by atoms with E-state index in [4.69, 9.17) is 16.2 Å². The lowest BCUT2D eigenvalue weighted by Crippen LogP contribution is -2.44. The summed E-state index contributed by atoms with van der Waals surface area (Å²) in [5.74, 6) is -0.599. The molecule has 29 heavy (non-hydrogen) atoms. The second-order valence-corrected chi connectivity index (χ2v) is 7.49. The van der Waals surface area contributed by atoms with Gasteiger partial charge >= 0.3 is 6.09 Å². The molecule has 0 saturated carbocycles. The molecule has 0 aromatic heterocycles. The topological polar surface area (TPSA) is 114 Å². The lowest BCUT2D eigenvalue weighted by molar-refractivity contribution is -0.137. The van der Waals surface area contributed by atoms with E-state index in [1.807, 2.05) is 9.80 Å². The molecule has 1 aromatic rings. The Hall–Kier alpha value is -2.84. The van der Waals surface area contributed by atoms with Crippen molar-refractivity contribution in [1.82, 2.24) is 4.90 Å². The van der Waals surface area contributed by atoms with Crippen molar-refractivity contribution >= 4 is 23.6 Å². The Kier molecular flexibility index (Phi) is 6.90. The highest BCUT2D eigenvalue weighted by atomic mass is 19.1. The molecule has 9 heteroatoms. The van der Waals surface area contributed by atoms with Crippen molar-refractivity contribution in [2.75, 3.05) is 31.1 Å². The van der Waals surface area contributed by atoms with Crippen molar-refractivity contribution < 1.29 is 18.7 Å². The minimum Gasteiger partial charge on any atom is -0.443 e. The van der Waals surface area contributed by atoms with E-state index in [1.54, 1.807) is 18.2 Å². The molecule has 0 aliphatic carbocycles. The molecule has 2 amide bonds. The Balaban J connectivity index is 1.58. The molecule has 0 unspecified atom stereocenters. The summed E-state index contributed by atoms with van der Waals surface area (Å²) in [6.07, 6.45) is 3.80. The molecule has 2 saturated heterocycles. The fourth-order valence-electron chi connectivity index (χ4n) is 3.94. The molecule has 0 radical (unpaired) electrons. The Bertz CT molecular complexity index is 767. The zero-order valence-corrected chi connectivity index (χ0v) is 16.5. The summed E-state index contributed by atoms with van der Waals surface area (Å²) in [7, 11) is 0. The number of guanidine groups is 1. The number of nitrogens with zero attached hydrogens (tertiary/aromatic N) is 3. The third kappa shape index (κ3) is 5.36. The third-order valence-corrected chi connectivity index (χ3v) is 5.48. The van der Waals surface area contributed by atoms with Gasteiger partial charge in [0.25, 0.3) is 0 Å². The van der Waals surface area contributed by atoms with E-state index < -0.39 is 17.9 Å². The zero-order valence-electron chi connectivity index (χ0n) is 16.5. The number of amides is 2. The summed E-state index contributed by atoms with van der Waals surface area (Å²) >= 11 is 0. The monoisotopic (exact) mass is 405 g/mol. The Labute approximate surface area is 169 Å². The van der Waals surface area contributed by atoms with Gasteiger partial charge in [-0.25, -0.2) is 9.18 Å². The number of anilines is 1. The van der Waals surface area contributed by atoms with E-state index in [0.29, 0.717) is 31.6 Å². The third-order valence-electron chi connectivity index (χ3n) is 5.48. The first-order valence-electron chi connectivity index (χ1n) is 10.0. The maximum Gasteiger partial charge on any atom is 0.437 e. The van der Waals surface area contributed by atoms with Crippen LogP contribution in [0.2, 0.25) is 0 Å². The van der Waals surface area contributed by atoms with Crippen LogP contribution < -0.4 is 16.4 Å². The Morgan fingerprint density at radius 3 is 2.45 bits per heavy atom. The first-order chi connectivity index (χ1) is 14.0. The van der Waals surface area contributed by atoms with Gasteiger partial charge < -0.3 is 26.0 Å². The lowest BCUT2D eigenvalue weighted by Gasteiger charge is -2.36. The standard InChI is InChI=1S/C20H28FN5O3/c21-17-15(13-29-20(28)24-19(22)23)5-4-6-16(17)25-11-7-14(8-12-25)18(27)26-9-2-1-3-10-26/h4-6,14H,1-3,7-13H2,(H4,22,23,24,28). The van der Waals surface area contributed by atoms with Gasteiger partial charge in [0.15, 0.2) is 11.8 Å². The van der Waals surface area contributed by atoms with Gasteiger partial charge in [-0.15, -0.1) is 4.99 Å². The molecular weight excluding hydrogens is 377 g/mol. The van der Waals surface area contributed by atoms with Crippen LogP contribution in [-0.4, -0.2) is 49.0 Å². The van der Waals surface area contributed by atoms with E-state index in [1.165, 1.54) is 6.42 Å². The second kappa shape index (κ2) is 9.58. The Morgan fingerprint density at radius 2 is 1.79 bits per heavy atom. The first kappa shape index (κ1) is 20.9. The summed E-state index contributed by atoms with van der Waals surface area (Å²) < 4.78 is 19.8. The normalized spacial score (nSPS) is 17.7. The van der Waals surface area contributed by atoms with Gasteiger partial charge in [-0.05, 0) is 38.2 Å². The quantitative estimate of drug-likeness (QED) is 0.585. The van der Waals surface area contributed by atoms with Crippen LogP contribution in [0.4, 0.5) is 14.9 Å². The predicted octanol–water partition coefficient (Wildman–Crippen LogP) is 1.96. The van der Waals surface area contributed by atoms with Crippen LogP contribution in [0.1, 0.15) is 37.7 Å². The average Bonchev–Trinajstić information content (AvgIpc) is 2.73. The number of hydrogen-bond acceptors (Lipinski definition) is 4. The molecule has 1 aromatic carbocycles. The summed E-state index contributed by atoms with van der Waals surface area (Å²) in [6, 6.07) is 4.96. The van der Waals surface area contributed by atoms with Crippen LogP contribution in [0, 0.1) is 11.7 Å². The highest BCUT2D eigenvalue weighted by molar-refractivity contribution is 5.87. The van der Waals surface area contributed by atoms with Crippen molar-refractivity contribution in [1.29, 1.82) is 0 Å². The maximum atomic E-state index is 14.9. The molecule has 0 spiro atoms. The first-order valence-corrected chi connectivity index (χ1v) is 10.0. The molecule has 2 aliphatic rings. The number of nitrogens with two attached hydrogens (primary N) is 2. The predicted molar refractivity (Wildman–Crippen MR) is 108 cm³/mol. The van der Waals surface area contributed by atoms with Gasteiger partial charge in [0.1, 0.15) is 6.61 Å². The van der Waals surface area contributed by atoms with Gasteiger partial charge in [0.05, 0.1) is 5.69 Å². The number of piperidine rings is 2. The van der Waals surface area contributed by atoms with E-state index in [2.05, 4.69) is 4.99 Å². The fraction of sp³-hybridized carbons (Fsp3) is 0.550. The van der Waals surface area contributed by atoms with Crippen LogP contribution in [0.3, 0.4) is 0 Å². The van der Waals surface area contributed by atoms with Crippen LogP contribution in [0.15, 0.2) is 23.2 Å². The summed E-state index contributed by atoms with van der Waals surface area (Å²) in [5, 5.41) is 0. The van der Waals surface area contributed by atoms with Crippen LogP contribution in [0.25, 0.3) is 0 Å². The summed E-state index contributed by atoms with van der Waals surface area (Å²) in [5.41, 5.74) is 10.9. The molecule has 8 nitrogen and oxygen atoms in total. The van der Waals surface area contributed by atoms with E-state index in [0.717, 1.165) is 25.9 Å². The van der Waals surface area contributed by atoms with Crippen molar-refractivity contribution in [2.24, 2.45) is 22.4 Å². The van der Waals surface area contributed by atoms with Gasteiger partial charge in [-0.1, -0.05) is 12.1 Å². The molecule has 2 heterocycles. The van der Waals surface area contributed by atoms with E-state index in [-0.39, 0.29) is 24.0 Å². The molecule has 0 atom stereocenters. The number of hydrogen-bond donors (Lipinski definition) is 2. The average molecular weight is 405 g/mol. The van der Waals surface area contributed by atoms with Crippen molar-refractivity contribution in [3.05, 3.63) is 29.6 Å². The molecule has 2 aliphatic heterocycles. The highest BCUT2D eigenvalue weighted by Crippen LogP contribution is 2.29. The number of ether oxygens (including phenoxy) is 1. The van der Waals surface area contributed by atoms with Crippen LogP contribution >= 0.6 is 0 Å². The molecule has 4 N–H and O–H groups in total. The van der Waals surface area contributed by atoms with Gasteiger partial charge in [0, 0.05) is 37.7 Å². The van der Waals surface area contributed by atoms with Gasteiger partial charge in [0.2, 0.25) is 5.91 Å². The number of carbonyl (C=O) groups excluding carboxylic acids is 2. The second-order valence-electron chi connectivity index (χ2n) is 7.49. The molecular formula is C20H28FN5O3. The molecule has 2 fully saturated rings. The van der Waals surface area contributed by atoms with E-state index >= 15 is 0 Å². The number of rotatable bonds is 4. The van der Waals surface area contributed by atoms with Crippen LogP contribution in [-0.2, 0) is 16.1 Å². The van der Waals surface area contributed by atoms with Crippen LogP contribution in [0.5, 0.6) is 0 Å². The number of halogens is 1. The smallest absolute Gasteiger partial charge is 0.437 e. The van der Waals surface area contributed by atoms with Crippen molar-refractivity contribution in [2.45, 2.75) is 38.7 Å². The lowest BCUT2D eigenvalue weighted by atomic mass is 9.94. The van der Waals surface area contributed by atoms with Gasteiger partial charge in [-0.2, -0.15) is 0 Å². The molecule has 0 bridgehead atoms. The molecule has 158 valence electrons. The molecule has 3 rings (SSSR count). The zero-order chi connectivity index (χ0) is 20.8. The number of likely N-dealkylation sites (tertiary alicyclic amines) is 1. The SMILES string of the molecule is NC(N)=NC(=O)OCc1cccc(N2CCC(C(=O)N3CCCCC3)CC2)c1F. The highest BCUT2D eigenvalue weighted by Gasteiger charge is 2.30. The number of benzene rings is 1. The van der Waals surface area contributed by atoms with Gasteiger partial charge in [-0.3, -0.25) is 4.79 Å². The minimum absolute atomic E-state index is 0.0103. The summed E-state index contributed by atoms with van der Waals surface area (Å²) in [4.78, 5) is 31.3. The maximum absolute atomic E-state index is 14.9. The fourth-order valence-corrected chi connectivity index (χ4v) is 3.94. The van der Waals surface area contributed by atoms with E-state index in [9.17, 15) is 14.0 Å². The Morgan fingerprint density at radius 1 is 1.10 bits per heavy atom. The largest absolute Gasteiger partial charge is 0.443 e. The summed E-state index contributed by atoms with van der Waals surface area (Å²) in [6.45, 7) is 2.67. The number of aliphatic imine (C=N–C) groups is 1. The minimum atomic E-state index is -0.966. The number of carbonyl (C=O) groups is 2. The van der Waals surface area contributed by atoms with Crippen molar-refractivity contribution in [3.63, 3.8) is 0 Å². The van der Waals surface area contributed by atoms with Crippen molar-refractivity contribution in [3.8, 4) is 0 Å².